The zero-order chi connectivity index (χ0) is 15.2. The number of carboxylic acids is 1. The van der Waals surface area contributed by atoms with E-state index in [2.05, 4.69) is 28.6 Å². The Bertz CT molecular complexity index is 475. The van der Waals surface area contributed by atoms with Gasteiger partial charge in [-0.25, -0.2) is 0 Å². The number of rotatable bonds is 7. The minimum atomic E-state index is -0.803. The van der Waals surface area contributed by atoms with Crippen LogP contribution in [0.4, 0.5) is 0 Å². The van der Waals surface area contributed by atoms with Crippen molar-refractivity contribution in [3.8, 4) is 0 Å². The molecule has 2 rings (SSSR count). The smallest absolute Gasteiger partial charge is 0.313 e. The lowest BCUT2D eigenvalue weighted by Gasteiger charge is -2.33. The molecule has 1 aliphatic carbocycles. The van der Waals surface area contributed by atoms with Crippen LogP contribution in [0, 0.1) is 5.92 Å². The van der Waals surface area contributed by atoms with E-state index in [-0.39, 0.29) is 5.75 Å². The van der Waals surface area contributed by atoms with Gasteiger partial charge >= 0.3 is 5.97 Å². The highest BCUT2D eigenvalue weighted by molar-refractivity contribution is 7.99. The summed E-state index contributed by atoms with van der Waals surface area (Å²) < 4.78 is 2.25. The number of carbonyl (C=O) groups is 1. The van der Waals surface area contributed by atoms with Crippen LogP contribution >= 0.6 is 11.8 Å². The summed E-state index contributed by atoms with van der Waals surface area (Å²) in [5.41, 5.74) is 0. The molecule has 1 fully saturated rings. The summed E-state index contributed by atoms with van der Waals surface area (Å²) in [6.07, 6.45) is 8.07. The van der Waals surface area contributed by atoms with E-state index in [4.69, 9.17) is 5.11 Å². The van der Waals surface area contributed by atoms with Crippen molar-refractivity contribution in [1.82, 2.24) is 14.8 Å². The Morgan fingerprint density at radius 1 is 1.33 bits per heavy atom. The van der Waals surface area contributed by atoms with E-state index in [1.165, 1.54) is 31.0 Å². The molecule has 1 aromatic rings. The van der Waals surface area contributed by atoms with Gasteiger partial charge in [0, 0.05) is 12.5 Å². The Kier molecular flexibility index (Phi) is 6.08. The zero-order valence-electron chi connectivity index (χ0n) is 12.9. The monoisotopic (exact) mass is 311 g/mol. The van der Waals surface area contributed by atoms with Crippen LogP contribution in [0.2, 0.25) is 0 Å². The molecule has 0 radical (unpaired) electrons. The first-order valence-electron chi connectivity index (χ1n) is 7.95. The van der Waals surface area contributed by atoms with Gasteiger partial charge < -0.3 is 9.67 Å². The van der Waals surface area contributed by atoms with Gasteiger partial charge in [-0.15, -0.1) is 10.2 Å². The van der Waals surface area contributed by atoms with Gasteiger partial charge in [-0.2, -0.15) is 0 Å². The molecular formula is C15H25N3O2S. The van der Waals surface area contributed by atoms with Crippen molar-refractivity contribution in [3.63, 3.8) is 0 Å². The molecular weight excluding hydrogens is 286 g/mol. The zero-order valence-corrected chi connectivity index (χ0v) is 13.7. The summed E-state index contributed by atoms with van der Waals surface area (Å²) in [7, 11) is 0. The highest BCUT2D eigenvalue weighted by Crippen LogP contribution is 2.38. The average Bonchev–Trinajstić information content (AvgIpc) is 2.88. The van der Waals surface area contributed by atoms with Gasteiger partial charge in [0.15, 0.2) is 5.16 Å². The molecule has 0 saturated heterocycles. The second-order valence-electron chi connectivity index (χ2n) is 5.72. The second-order valence-corrected chi connectivity index (χ2v) is 6.66. The number of thioether (sulfide) groups is 1. The Labute approximate surface area is 130 Å². The van der Waals surface area contributed by atoms with Crippen molar-refractivity contribution in [1.29, 1.82) is 0 Å². The van der Waals surface area contributed by atoms with Crippen molar-refractivity contribution >= 4 is 17.7 Å². The van der Waals surface area contributed by atoms with E-state index < -0.39 is 5.97 Å². The lowest BCUT2D eigenvalue weighted by Crippen LogP contribution is -2.25. The first-order chi connectivity index (χ1) is 10.2. The minimum absolute atomic E-state index is 0.0494. The average molecular weight is 311 g/mol. The van der Waals surface area contributed by atoms with E-state index in [1.54, 1.807) is 0 Å². The van der Waals surface area contributed by atoms with E-state index >= 15 is 0 Å². The molecule has 0 aromatic carbocycles. The minimum Gasteiger partial charge on any atom is -0.481 e. The van der Waals surface area contributed by atoms with Gasteiger partial charge in [0.05, 0.1) is 5.75 Å². The molecule has 1 aliphatic rings. The van der Waals surface area contributed by atoms with Crippen LogP contribution in [0.5, 0.6) is 0 Å². The Morgan fingerprint density at radius 3 is 2.76 bits per heavy atom. The van der Waals surface area contributed by atoms with Crippen LogP contribution < -0.4 is 0 Å². The van der Waals surface area contributed by atoms with Gasteiger partial charge in [0.25, 0.3) is 0 Å². The second kappa shape index (κ2) is 7.82. The van der Waals surface area contributed by atoms with Gasteiger partial charge in [0.1, 0.15) is 5.82 Å². The van der Waals surface area contributed by atoms with Gasteiger partial charge in [-0.05, 0) is 25.2 Å². The third kappa shape index (κ3) is 3.99. The first-order valence-corrected chi connectivity index (χ1v) is 8.94. The quantitative estimate of drug-likeness (QED) is 0.780. The summed E-state index contributed by atoms with van der Waals surface area (Å²) in [4.78, 5) is 10.8. The van der Waals surface area contributed by atoms with E-state index in [1.807, 2.05) is 0 Å². The van der Waals surface area contributed by atoms with Crippen LogP contribution in [0.25, 0.3) is 0 Å². The molecule has 0 bridgehead atoms. The normalized spacial score (nSPS) is 22.4. The predicted molar refractivity (Wildman–Crippen MR) is 83.7 cm³/mol. The molecule has 0 amide bonds. The first kappa shape index (κ1) is 16.3. The van der Waals surface area contributed by atoms with Gasteiger partial charge in [-0.1, -0.05) is 44.9 Å². The molecule has 1 N–H and O–H groups in total. The fourth-order valence-corrected chi connectivity index (χ4v) is 3.99. The highest BCUT2D eigenvalue weighted by Gasteiger charge is 2.29. The molecule has 1 aromatic heterocycles. The number of aryl methyl sites for hydroxylation is 1. The Balaban J connectivity index is 2.27. The standard InChI is InChI=1S/C15H25N3O2S/c1-3-7-13-16-17-15(21-10-14(19)20)18(13)12-9-6-5-8-11(12)4-2/h11-12H,3-10H2,1-2H3,(H,19,20). The number of hydrogen-bond acceptors (Lipinski definition) is 4. The SMILES string of the molecule is CCCc1nnc(SCC(=O)O)n1C1CCCCC1CC. The maximum absolute atomic E-state index is 10.8. The van der Waals surface area contributed by atoms with Crippen molar-refractivity contribution in [2.24, 2.45) is 5.92 Å². The van der Waals surface area contributed by atoms with Crippen LogP contribution in [-0.4, -0.2) is 31.6 Å². The third-order valence-electron chi connectivity index (χ3n) is 4.26. The van der Waals surface area contributed by atoms with E-state index in [0.29, 0.717) is 12.0 Å². The molecule has 5 nitrogen and oxygen atoms in total. The maximum Gasteiger partial charge on any atom is 0.313 e. The maximum atomic E-state index is 10.8. The molecule has 0 aliphatic heterocycles. The van der Waals surface area contributed by atoms with Crippen LogP contribution in [0.1, 0.15) is 64.2 Å². The Morgan fingerprint density at radius 2 is 2.10 bits per heavy atom. The Hall–Kier alpha value is -1.04. The molecule has 21 heavy (non-hydrogen) atoms. The van der Waals surface area contributed by atoms with Crippen LogP contribution in [0.15, 0.2) is 5.16 Å². The predicted octanol–water partition coefficient (Wildman–Crippen LogP) is 3.55. The van der Waals surface area contributed by atoms with E-state index in [0.717, 1.165) is 36.7 Å². The van der Waals surface area contributed by atoms with Gasteiger partial charge in [0.2, 0.25) is 0 Å². The number of carboxylic acid groups (broad SMARTS) is 1. The number of aliphatic carboxylic acids is 1. The summed E-state index contributed by atoms with van der Waals surface area (Å²) >= 11 is 1.30. The summed E-state index contributed by atoms with van der Waals surface area (Å²) in [6, 6.07) is 0.441. The lowest BCUT2D eigenvalue weighted by molar-refractivity contribution is -0.133. The largest absolute Gasteiger partial charge is 0.481 e. The number of hydrogen-bond donors (Lipinski definition) is 1. The molecule has 2 unspecified atom stereocenters. The van der Waals surface area contributed by atoms with Crippen LogP contribution in [0.3, 0.4) is 0 Å². The number of nitrogens with zero attached hydrogens (tertiary/aromatic N) is 3. The highest BCUT2D eigenvalue weighted by atomic mass is 32.2. The molecule has 1 heterocycles. The molecule has 1 saturated carbocycles. The number of aromatic nitrogens is 3. The van der Waals surface area contributed by atoms with Gasteiger partial charge in [-0.3, -0.25) is 4.79 Å². The molecule has 2 atom stereocenters. The van der Waals surface area contributed by atoms with E-state index in [9.17, 15) is 4.79 Å². The lowest BCUT2D eigenvalue weighted by atomic mass is 9.82. The van der Waals surface area contributed by atoms with Crippen LogP contribution in [-0.2, 0) is 11.2 Å². The van der Waals surface area contributed by atoms with Crippen molar-refractivity contribution in [2.75, 3.05) is 5.75 Å². The van der Waals surface area contributed by atoms with Crippen molar-refractivity contribution < 1.29 is 9.90 Å². The molecule has 6 heteroatoms. The topological polar surface area (TPSA) is 68.0 Å². The fraction of sp³-hybridized carbons (Fsp3) is 0.800. The van der Waals surface area contributed by atoms with Crippen molar-refractivity contribution in [2.45, 2.75) is 70.0 Å². The fourth-order valence-electron chi connectivity index (χ4n) is 3.26. The third-order valence-corrected chi connectivity index (χ3v) is 5.19. The van der Waals surface area contributed by atoms with Crippen molar-refractivity contribution in [3.05, 3.63) is 5.82 Å². The summed E-state index contributed by atoms with van der Waals surface area (Å²) in [5.74, 6) is 0.931. The molecule has 118 valence electrons. The summed E-state index contributed by atoms with van der Waals surface area (Å²) in [6.45, 7) is 4.39. The molecule has 0 spiro atoms. The summed E-state index contributed by atoms with van der Waals surface area (Å²) in [5, 5.41) is 18.3.